The van der Waals surface area contributed by atoms with Gasteiger partial charge in [0.2, 0.25) is 17.7 Å². The molecule has 0 radical (unpaired) electrons. The molecule has 1 aromatic heterocycles. The molecule has 6 heteroatoms. The Bertz CT molecular complexity index is 1350. The molecule has 0 spiro atoms. The summed E-state index contributed by atoms with van der Waals surface area (Å²) in [5, 5.41) is 4.19. The minimum atomic E-state index is -0.960. The average Bonchev–Trinajstić information content (AvgIpc) is 3.37. The van der Waals surface area contributed by atoms with E-state index in [-0.39, 0.29) is 43.0 Å². The van der Waals surface area contributed by atoms with Crippen LogP contribution in [0.15, 0.2) is 91.1 Å². The number of fused-ring (bicyclic) bond motifs is 1. The normalized spacial score (nSPS) is 14.6. The van der Waals surface area contributed by atoms with E-state index in [1.165, 1.54) is 11.3 Å². The highest BCUT2D eigenvalue weighted by molar-refractivity contribution is 6.02. The highest BCUT2D eigenvalue weighted by Crippen LogP contribution is 2.23. The zero-order chi connectivity index (χ0) is 27.0. The summed E-state index contributed by atoms with van der Waals surface area (Å²) in [6.07, 6.45) is 7.36. The summed E-state index contributed by atoms with van der Waals surface area (Å²) >= 11 is 0. The Hall–Kier alpha value is -4.19. The Morgan fingerprint density at radius 1 is 0.769 bits per heavy atom. The van der Waals surface area contributed by atoms with Gasteiger partial charge >= 0.3 is 0 Å². The van der Waals surface area contributed by atoms with Gasteiger partial charge in [-0.15, -0.1) is 0 Å². The highest BCUT2D eigenvalue weighted by atomic mass is 16.2. The molecule has 1 aliphatic rings. The number of nitrogens with one attached hydrogen (secondary N) is 2. The van der Waals surface area contributed by atoms with Gasteiger partial charge in [-0.05, 0) is 35.6 Å². The summed E-state index contributed by atoms with van der Waals surface area (Å²) in [5.74, 6) is -1.01. The van der Waals surface area contributed by atoms with Crippen molar-refractivity contribution in [2.45, 2.75) is 63.5 Å². The van der Waals surface area contributed by atoms with Crippen molar-refractivity contribution in [3.05, 3.63) is 108 Å². The minimum absolute atomic E-state index is 0.0441. The molecule has 1 saturated carbocycles. The first-order valence-corrected chi connectivity index (χ1v) is 13.9. The predicted octanol–water partition coefficient (Wildman–Crippen LogP) is 5.37. The first-order valence-electron chi connectivity index (χ1n) is 13.9. The smallest absolute Gasteiger partial charge is 0.243 e. The molecule has 3 aromatic carbocycles. The topological polar surface area (TPSA) is 82.3 Å². The predicted molar refractivity (Wildman–Crippen MR) is 153 cm³/mol. The van der Waals surface area contributed by atoms with Crippen molar-refractivity contribution in [2.75, 3.05) is 0 Å². The number of imide groups is 1. The number of nitrogens with zero attached hydrogens (tertiary/aromatic N) is 1. The van der Waals surface area contributed by atoms with Crippen LogP contribution in [0.2, 0.25) is 0 Å². The van der Waals surface area contributed by atoms with E-state index < -0.39 is 6.04 Å². The molecular formula is C33H35N3O3. The minimum Gasteiger partial charge on any atom is -0.361 e. The van der Waals surface area contributed by atoms with Crippen molar-refractivity contribution < 1.29 is 14.4 Å². The quantitative estimate of drug-likeness (QED) is 0.311. The van der Waals surface area contributed by atoms with Crippen LogP contribution in [0.4, 0.5) is 0 Å². The summed E-state index contributed by atoms with van der Waals surface area (Å²) < 4.78 is 0. The average molecular weight is 522 g/mol. The first-order chi connectivity index (χ1) is 19.1. The van der Waals surface area contributed by atoms with Gasteiger partial charge in [0.1, 0.15) is 6.04 Å². The summed E-state index contributed by atoms with van der Waals surface area (Å²) in [4.78, 5) is 46.3. The zero-order valence-electron chi connectivity index (χ0n) is 22.1. The Balaban J connectivity index is 1.50. The van der Waals surface area contributed by atoms with Gasteiger partial charge in [-0.1, -0.05) is 98.1 Å². The van der Waals surface area contributed by atoms with Gasteiger partial charge < -0.3 is 10.3 Å². The second-order valence-corrected chi connectivity index (χ2v) is 10.4. The SMILES string of the molecule is O=C(NC1CCCCC1)C(Cc1c[nH]c2ccccc12)N(C(=O)Cc1ccccc1)C(=O)Cc1ccccc1. The van der Waals surface area contributed by atoms with Crippen LogP contribution >= 0.6 is 0 Å². The molecule has 0 bridgehead atoms. The monoisotopic (exact) mass is 521 g/mol. The van der Waals surface area contributed by atoms with E-state index in [2.05, 4.69) is 10.3 Å². The molecular weight excluding hydrogens is 486 g/mol. The lowest BCUT2D eigenvalue weighted by molar-refractivity contribution is -0.151. The second kappa shape index (κ2) is 12.6. The van der Waals surface area contributed by atoms with Crippen LogP contribution in [0.3, 0.4) is 0 Å². The fourth-order valence-corrected chi connectivity index (χ4v) is 5.55. The van der Waals surface area contributed by atoms with E-state index in [1.807, 2.05) is 91.1 Å². The van der Waals surface area contributed by atoms with Crippen LogP contribution in [0.1, 0.15) is 48.8 Å². The van der Waals surface area contributed by atoms with Gasteiger partial charge in [0.15, 0.2) is 0 Å². The fraction of sp³-hybridized carbons (Fsp3) is 0.303. The van der Waals surface area contributed by atoms with Crippen LogP contribution in [0.25, 0.3) is 10.9 Å². The van der Waals surface area contributed by atoms with Crippen LogP contribution in [0, 0.1) is 0 Å². The Morgan fingerprint density at radius 3 is 1.95 bits per heavy atom. The molecule has 39 heavy (non-hydrogen) atoms. The number of aromatic nitrogens is 1. The van der Waals surface area contributed by atoms with Crippen molar-refractivity contribution in [2.24, 2.45) is 0 Å². The number of H-pyrrole nitrogens is 1. The molecule has 200 valence electrons. The van der Waals surface area contributed by atoms with Gasteiger partial charge in [0, 0.05) is 29.6 Å². The van der Waals surface area contributed by atoms with Gasteiger partial charge in [-0.2, -0.15) is 0 Å². The van der Waals surface area contributed by atoms with Crippen molar-refractivity contribution in [3.8, 4) is 0 Å². The molecule has 1 fully saturated rings. The molecule has 5 rings (SSSR count). The number of carbonyl (C=O) groups is 3. The van der Waals surface area contributed by atoms with Crippen LogP contribution in [0.5, 0.6) is 0 Å². The van der Waals surface area contributed by atoms with Gasteiger partial charge in [0.05, 0.1) is 12.8 Å². The number of rotatable bonds is 9. The summed E-state index contributed by atoms with van der Waals surface area (Å²) in [7, 11) is 0. The van der Waals surface area contributed by atoms with E-state index in [4.69, 9.17) is 0 Å². The maximum atomic E-state index is 14.0. The number of benzene rings is 3. The van der Waals surface area contributed by atoms with Gasteiger partial charge in [-0.3, -0.25) is 19.3 Å². The molecule has 6 nitrogen and oxygen atoms in total. The lowest BCUT2D eigenvalue weighted by Crippen LogP contribution is -2.56. The lowest BCUT2D eigenvalue weighted by atomic mass is 9.94. The molecule has 1 atom stereocenters. The number of para-hydroxylation sites is 1. The number of hydrogen-bond acceptors (Lipinski definition) is 3. The molecule has 0 saturated heterocycles. The summed E-state index contributed by atoms with van der Waals surface area (Å²) in [6, 6.07) is 25.7. The zero-order valence-corrected chi connectivity index (χ0v) is 22.1. The highest BCUT2D eigenvalue weighted by Gasteiger charge is 2.36. The van der Waals surface area contributed by atoms with Crippen molar-refractivity contribution in [3.63, 3.8) is 0 Å². The first kappa shape index (κ1) is 26.4. The van der Waals surface area contributed by atoms with Crippen molar-refractivity contribution in [1.29, 1.82) is 0 Å². The van der Waals surface area contributed by atoms with Crippen molar-refractivity contribution in [1.82, 2.24) is 15.2 Å². The standard InChI is InChI=1S/C33H35N3O3/c37-31(20-24-12-4-1-5-13-24)36(32(38)21-25-14-6-2-7-15-25)30(33(39)35-27-16-8-3-9-17-27)22-26-23-34-29-19-11-10-18-28(26)29/h1-2,4-7,10-15,18-19,23,27,30,34H,3,8-9,16-17,20-22H2,(H,35,39). The van der Waals surface area contributed by atoms with Gasteiger partial charge in [0.25, 0.3) is 0 Å². The molecule has 0 aliphatic heterocycles. The van der Waals surface area contributed by atoms with Gasteiger partial charge in [-0.25, -0.2) is 0 Å². The molecule has 4 aromatic rings. The van der Waals surface area contributed by atoms with E-state index in [1.54, 1.807) is 0 Å². The Morgan fingerprint density at radius 2 is 1.33 bits per heavy atom. The molecule has 1 aliphatic carbocycles. The number of carbonyl (C=O) groups excluding carboxylic acids is 3. The number of hydrogen-bond donors (Lipinski definition) is 2. The third-order valence-corrected chi connectivity index (χ3v) is 7.59. The van der Waals surface area contributed by atoms with E-state index in [0.29, 0.717) is 0 Å². The summed E-state index contributed by atoms with van der Waals surface area (Å²) in [6.45, 7) is 0. The van der Waals surface area contributed by atoms with Crippen LogP contribution in [-0.4, -0.2) is 39.7 Å². The van der Waals surface area contributed by atoms with Crippen LogP contribution < -0.4 is 5.32 Å². The Kier molecular flexibility index (Phi) is 8.51. The lowest BCUT2D eigenvalue weighted by Gasteiger charge is -2.32. The van der Waals surface area contributed by atoms with E-state index >= 15 is 0 Å². The van der Waals surface area contributed by atoms with E-state index in [0.717, 1.165) is 53.3 Å². The fourth-order valence-electron chi connectivity index (χ4n) is 5.55. The molecule has 1 unspecified atom stereocenters. The largest absolute Gasteiger partial charge is 0.361 e. The maximum absolute atomic E-state index is 14.0. The Labute approximate surface area is 229 Å². The summed E-state index contributed by atoms with van der Waals surface area (Å²) in [5.41, 5.74) is 3.47. The van der Waals surface area contributed by atoms with Crippen molar-refractivity contribution >= 4 is 28.6 Å². The maximum Gasteiger partial charge on any atom is 0.243 e. The second-order valence-electron chi connectivity index (χ2n) is 10.4. The molecule has 2 N–H and O–H groups in total. The third kappa shape index (κ3) is 6.63. The van der Waals surface area contributed by atoms with Crippen LogP contribution in [-0.2, 0) is 33.6 Å². The number of aromatic amines is 1. The van der Waals surface area contributed by atoms with E-state index in [9.17, 15) is 14.4 Å². The molecule has 1 heterocycles. The third-order valence-electron chi connectivity index (χ3n) is 7.59. The molecule has 3 amide bonds. The number of amides is 3.